The molecule has 2 atom stereocenters. The standard InChI is InChI=1S/C13H22N2O3S2/c1-8-10(7-14)13(9(2)18-8)20(16,17)15-11-5-4-6-12(11)19-3/h11-12,15H,4-7,14H2,1-3H3. The predicted octanol–water partition coefficient (Wildman–Crippen LogP) is 1.92. The number of nitrogens with one attached hydrogen (secondary N) is 1. The molecule has 1 aliphatic carbocycles. The molecule has 1 heterocycles. The van der Waals surface area contributed by atoms with Crippen LogP contribution in [-0.2, 0) is 16.6 Å². The van der Waals surface area contributed by atoms with Crippen LogP contribution in [0.4, 0.5) is 0 Å². The molecular weight excluding hydrogens is 296 g/mol. The summed E-state index contributed by atoms with van der Waals surface area (Å²) in [6, 6.07) is -0.00442. The molecule has 1 aliphatic rings. The zero-order valence-electron chi connectivity index (χ0n) is 12.1. The van der Waals surface area contributed by atoms with Gasteiger partial charge in [-0.3, -0.25) is 0 Å². The number of sulfonamides is 1. The molecule has 0 radical (unpaired) electrons. The number of aryl methyl sites for hydroxylation is 2. The van der Waals surface area contributed by atoms with E-state index in [-0.39, 0.29) is 17.5 Å². The zero-order chi connectivity index (χ0) is 14.9. The highest BCUT2D eigenvalue weighted by Gasteiger charge is 2.33. The van der Waals surface area contributed by atoms with E-state index in [0.717, 1.165) is 19.3 Å². The smallest absolute Gasteiger partial charge is 0.244 e. The minimum absolute atomic E-state index is 0.00442. The second kappa shape index (κ2) is 6.09. The Kier molecular flexibility index (Phi) is 4.84. The number of hydrogen-bond donors (Lipinski definition) is 2. The van der Waals surface area contributed by atoms with Crippen molar-refractivity contribution in [3.05, 3.63) is 17.1 Å². The van der Waals surface area contributed by atoms with Crippen LogP contribution in [0.25, 0.3) is 0 Å². The Morgan fingerprint density at radius 1 is 1.35 bits per heavy atom. The summed E-state index contributed by atoms with van der Waals surface area (Å²) in [4.78, 5) is 0.226. The molecule has 1 fully saturated rings. The van der Waals surface area contributed by atoms with Gasteiger partial charge in [-0.2, -0.15) is 11.8 Å². The average molecular weight is 318 g/mol. The molecule has 0 bridgehead atoms. The van der Waals surface area contributed by atoms with E-state index in [1.54, 1.807) is 25.6 Å². The van der Waals surface area contributed by atoms with Gasteiger partial charge >= 0.3 is 0 Å². The van der Waals surface area contributed by atoms with E-state index in [0.29, 0.717) is 22.3 Å². The van der Waals surface area contributed by atoms with Crippen molar-refractivity contribution < 1.29 is 12.8 Å². The fourth-order valence-electron chi connectivity index (χ4n) is 2.90. The van der Waals surface area contributed by atoms with Gasteiger partial charge in [-0.25, -0.2) is 13.1 Å². The van der Waals surface area contributed by atoms with Crippen LogP contribution >= 0.6 is 11.8 Å². The Bertz CT molecular complexity index is 581. The number of furan rings is 1. The topological polar surface area (TPSA) is 85.3 Å². The summed E-state index contributed by atoms with van der Waals surface area (Å²) in [7, 11) is -3.58. The highest BCUT2D eigenvalue weighted by Crippen LogP contribution is 2.31. The van der Waals surface area contributed by atoms with Gasteiger partial charge in [0.1, 0.15) is 16.4 Å². The summed E-state index contributed by atoms with van der Waals surface area (Å²) in [5, 5.41) is 0.347. The summed E-state index contributed by atoms with van der Waals surface area (Å²) in [6.45, 7) is 3.58. The van der Waals surface area contributed by atoms with Crippen molar-refractivity contribution in [2.75, 3.05) is 6.26 Å². The Labute approximate surface area is 124 Å². The molecule has 1 aromatic rings. The molecule has 0 aromatic carbocycles. The predicted molar refractivity (Wildman–Crippen MR) is 81.3 cm³/mol. The van der Waals surface area contributed by atoms with Crippen molar-refractivity contribution in [1.82, 2.24) is 4.72 Å². The minimum Gasteiger partial charge on any atom is -0.465 e. The first kappa shape index (κ1) is 15.9. The molecule has 2 unspecified atom stereocenters. The van der Waals surface area contributed by atoms with Crippen LogP contribution < -0.4 is 10.5 Å². The Hall–Kier alpha value is -0.500. The van der Waals surface area contributed by atoms with Crippen LogP contribution in [0.2, 0.25) is 0 Å². The highest BCUT2D eigenvalue weighted by atomic mass is 32.2. The molecule has 20 heavy (non-hydrogen) atoms. The monoisotopic (exact) mass is 318 g/mol. The lowest BCUT2D eigenvalue weighted by molar-refractivity contribution is 0.493. The number of thioether (sulfide) groups is 1. The number of rotatable bonds is 5. The van der Waals surface area contributed by atoms with Crippen molar-refractivity contribution in [2.45, 2.75) is 55.8 Å². The summed E-state index contributed by atoms with van der Waals surface area (Å²) >= 11 is 1.72. The van der Waals surface area contributed by atoms with Gasteiger partial charge in [0, 0.05) is 23.4 Å². The Balaban J connectivity index is 2.31. The van der Waals surface area contributed by atoms with Crippen molar-refractivity contribution in [2.24, 2.45) is 5.73 Å². The average Bonchev–Trinajstić information content (AvgIpc) is 2.92. The van der Waals surface area contributed by atoms with Crippen molar-refractivity contribution in [1.29, 1.82) is 0 Å². The van der Waals surface area contributed by atoms with Crippen LogP contribution in [0, 0.1) is 13.8 Å². The van der Waals surface area contributed by atoms with Gasteiger partial charge in [0.05, 0.1) is 0 Å². The lowest BCUT2D eigenvalue weighted by atomic mass is 10.2. The second-order valence-corrected chi connectivity index (χ2v) is 7.89. The SMILES string of the molecule is CSC1CCCC1NS(=O)(=O)c1c(C)oc(C)c1CN. The molecule has 3 N–H and O–H groups in total. The molecule has 0 amide bonds. The largest absolute Gasteiger partial charge is 0.465 e. The highest BCUT2D eigenvalue weighted by molar-refractivity contribution is 7.99. The molecule has 1 saturated carbocycles. The van der Waals surface area contributed by atoms with E-state index in [2.05, 4.69) is 4.72 Å². The van der Waals surface area contributed by atoms with Gasteiger partial charge < -0.3 is 10.2 Å². The summed E-state index contributed by atoms with van der Waals surface area (Å²) < 4.78 is 33.5. The Morgan fingerprint density at radius 2 is 2.05 bits per heavy atom. The molecule has 2 rings (SSSR count). The molecule has 7 heteroatoms. The Morgan fingerprint density at radius 3 is 2.65 bits per heavy atom. The van der Waals surface area contributed by atoms with E-state index in [1.807, 2.05) is 6.26 Å². The zero-order valence-corrected chi connectivity index (χ0v) is 13.7. The van der Waals surface area contributed by atoms with E-state index >= 15 is 0 Å². The third-order valence-corrected chi connectivity index (χ3v) is 6.71. The van der Waals surface area contributed by atoms with Gasteiger partial charge in [0.25, 0.3) is 0 Å². The first-order valence-electron chi connectivity index (χ1n) is 6.74. The van der Waals surface area contributed by atoms with Crippen LogP contribution in [0.1, 0.15) is 36.3 Å². The number of hydrogen-bond acceptors (Lipinski definition) is 5. The first-order valence-corrected chi connectivity index (χ1v) is 9.52. The van der Waals surface area contributed by atoms with Crippen LogP contribution in [-0.4, -0.2) is 26.0 Å². The molecular formula is C13H22N2O3S2. The maximum absolute atomic E-state index is 12.6. The van der Waals surface area contributed by atoms with Crippen LogP contribution in [0.3, 0.4) is 0 Å². The number of nitrogens with two attached hydrogens (primary N) is 1. The van der Waals surface area contributed by atoms with Crippen molar-refractivity contribution in [3.63, 3.8) is 0 Å². The second-order valence-electron chi connectivity index (χ2n) is 5.16. The lowest BCUT2D eigenvalue weighted by Gasteiger charge is -2.19. The molecule has 0 aliphatic heterocycles. The van der Waals surface area contributed by atoms with E-state index in [4.69, 9.17) is 10.2 Å². The normalized spacial score (nSPS) is 23.4. The molecule has 5 nitrogen and oxygen atoms in total. The van der Waals surface area contributed by atoms with E-state index in [1.165, 1.54) is 0 Å². The van der Waals surface area contributed by atoms with Gasteiger partial charge in [-0.1, -0.05) is 6.42 Å². The van der Waals surface area contributed by atoms with E-state index < -0.39 is 10.0 Å². The fraction of sp³-hybridized carbons (Fsp3) is 0.692. The van der Waals surface area contributed by atoms with Gasteiger partial charge in [-0.15, -0.1) is 0 Å². The lowest BCUT2D eigenvalue weighted by Crippen LogP contribution is -2.39. The summed E-state index contributed by atoms with van der Waals surface area (Å²) in [5.74, 6) is 0.993. The quantitative estimate of drug-likeness (QED) is 0.866. The van der Waals surface area contributed by atoms with Gasteiger partial charge in [0.2, 0.25) is 10.0 Å². The molecule has 114 valence electrons. The summed E-state index contributed by atoms with van der Waals surface area (Å²) in [6.07, 6.45) is 5.03. The van der Waals surface area contributed by atoms with Crippen molar-refractivity contribution in [3.8, 4) is 0 Å². The van der Waals surface area contributed by atoms with Gasteiger partial charge in [0.15, 0.2) is 0 Å². The third-order valence-electron chi connectivity index (χ3n) is 3.86. The van der Waals surface area contributed by atoms with Crippen LogP contribution in [0.15, 0.2) is 9.31 Å². The molecule has 0 saturated heterocycles. The van der Waals surface area contributed by atoms with Crippen molar-refractivity contribution >= 4 is 21.8 Å². The first-order chi connectivity index (χ1) is 9.40. The minimum atomic E-state index is -3.58. The molecule has 1 aromatic heterocycles. The molecule has 0 spiro atoms. The van der Waals surface area contributed by atoms with Gasteiger partial charge in [-0.05, 0) is 32.9 Å². The maximum Gasteiger partial charge on any atom is 0.244 e. The third kappa shape index (κ3) is 2.90. The van der Waals surface area contributed by atoms with Crippen LogP contribution in [0.5, 0.6) is 0 Å². The van der Waals surface area contributed by atoms with E-state index in [9.17, 15) is 8.42 Å². The summed E-state index contributed by atoms with van der Waals surface area (Å²) in [5.41, 5.74) is 6.24. The fourth-order valence-corrected chi connectivity index (χ4v) is 5.69. The maximum atomic E-state index is 12.6.